The molecule has 9 rings (SSSR count). The van der Waals surface area contributed by atoms with Crippen LogP contribution in [0.1, 0.15) is 100 Å². The third kappa shape index (κ3) is 5.33. The van der Waals surface area contributed by atoms with Gasteiger partial charge in [0.15, 0.2) is 17.5 Å². The van der Waals surface area contributed by atoms with Gasteiger partial charge in [-0.25, -0.2) is 27.5 Å². The average molecular weight is 745 g/mol. The Balaban J connectivity index is 1.07. The monoisotopic (exact) mass is 744 g/mol. The lowest BCUT2D eigenvalue weighted by atomic mass is 9.82. The van der Waals surface area contributed by atoms with E-state index < -0.39 is 34.9 Å². The van der Waals surface area contributed by atoms with E-state index in [0.29, 0.717) is 40.1 Å². The number of carbonyl (C=O) groups is 2. The van der Waals surface area contributed by atoms with Crippen LogP contribution in [-0.4, -0.2) is 72.9 Å². The van der Waals surface area contributed by atoms with Gasteiger partial charge >= 0.3 is 0 Å². The lowest BCUT2D eigenvalue weighted by molar-refractivity contribution is -0.123. The minimum Gasteiger partial charge on any atom is -0.341 e. The van der Waals surface area contributed by atoms with Crippen LogP contribution in [0.25, 0.3) is 22.3 Å². The smallest absolute Gasteiger partial charge is 0.261 e. The number of pyridine rings is 2. The summed E-state index contributed by atoms with van der Waals surface area (Å²) >= 11 is 0. The average Bonchev–Trinajstić information content (AvgIpc) is 3.40. The van der Waals surface area contributed by atoms with Gasteiger partial charge in [-0.3, -0.25) is 19.5 Å². The topological polar surface area (TPSA) is 108 Å². The Bertz CT molecular complexity index is 2230. The van der Waals surface area contributed by atoms with Crippen molar-refractivity contribution in [1.29, 1.82) is 0 Å². The van der Waals surface area contributed by atoms with Crippen LogP contribution in [0.3, 0.4) is 0 Å². The first-order valence-corrected chi connectivity index (χ1v) is 19.0. The number of carbonyl (C=O) groups excluding carboxylic acids is 2. The van der Waals surface area contributed by atoms with E-state index in [-0.39, 0.29) is 53.5 Å². The first-order valence-electron chi connectivity index (χ1n) is 19.0. The number of piperidine rings is 1. The van der Waals surface area contributed by atoms with Crippen molar-refractivity contribution in [3.63, 3.8) is 0 Å². The molecule has 1 saturated heterocycles. The molecule has 2 N–H and O–H groups in total. The molecule has 1 aromatic carbocycles. The van der Waals surface area contributed by atoms with Gasteiger partial charge in [0.25, 0.3) is 12.3 Å². The molecule has 4 aromatic rings. The van der Waals surface area contributed by atoms with Gasteiger partial charge in [-0.05, 0) is 104 Å². The normalized spacial score (nSPS) is 25.2. The van der Waals surface area contributed by atoms with Crippen LogP contribution >= 0.6 is 0 Å². The van der Waals surface area contributed by atoms with Crippen molar-refractivity contribution >= 4 is 40.0 Å². The Labute approximate surface area is 310 Å². The molecule has 14 heteroatoms. The van der Waals surface area contributed by atoms with Crippen LogP contribution in [0, 0.1) is 24.5 Å². The maximum atomic E-state index is 15.7. The molecule has 284 valence electrons. The van der Waals surface area contributed by atoms with Crippen molar-refractivity contribution in [1.82, 2.24) is 29.7 Å². The fourth-order valence-electron chi connectivity index (χ4n) is 9.27. The van der Waals surface area contributed by atoms with Crippen molar-refractivity contribution in [3.8, 4) is 11.3 Å². The maximum absolute atomic E-state index is 15.7. The van der Waals surface area contributed by atoms with Crippen LogP contribution in [0.5, 0.6) is 0 Å². The van der Waals surface area contributed by atoms with E-state index in [2.05, 4.69) is 20.5 Å². The fourth-order valence-corrected chi connectivity index (χ4v) is 9.27. The van der Waals surface area contributed by atoms with E-state index >= 15 is 8.78 Å². The molecule has 0 radical (unpaired) electrons. The van der Waals surface area contributed by atoms with Crippen molar-refractivity contribution < 1.29 is 27.2 Å². The number of amides is 2. The molecule has 4 fully saturated rings. The Morgan fingerprint density at radius 2 is 1.74 bits per heavy atom. The summed E-state index contributed by atoms with van der Waals surface area (Å²) in [5, 5.41) is 5.27. The Hall–Kier alpha value is -4.59. The number of fused-ring (bicyclic) bond motifs is 4. The summed E-state index contributed by atoms with van der Waals surface area (Å²) in [6.07, 6.45) is 6.44. The Kier molecular flexibility index (Phi) is 7.94. The van der Waals surface area contributed by atoms with Crippen molar-refractivity contribution in [2.75, 3.05) is 16.8 Å². The molecule has 2 amide bonds. The van der Waals surface area contributed by atoms with Gasteiger partial charge in [0.1, 0.15) is 11.1 Å². The first kappa shape index (κ1) is 35.1. The molecular weight excluding hydrogens is 700 g/mol. The highest BCUT2D eigenvalue weighted by atomic mass is 19.3. The predicted octanol–water partition coefficient (Wildman–Crippen LogP) is 7.57. The molecule has 2 bridgehead atoms. The van der Waals surface area contributed by atoms with Crippen molar-refractivity contribution in [2.24, 2.45) is 5.92 Å². The molecule has 5 heterocycles. The molecule has 3 aliphatic carbocycles. The van der Waals surface area contributed by atoms with Crippen LogP contribution in [0.4, 0.5) is 34.8 Å². The maximum Gasteiger partial charge on any atom is 0.261 e. The number of halogens is 4. The molecule has 5 aliphatic rings. The minimum atomic E-state index is -2.79. The summed E-state index contributed by atoms with van der Waals surface area (Å²) < 4.78 is 60.3. The molecule has 2 aliphatic heterocycles. The quantitative estimate of drug-likeness (QED) is 0.170. The number of anilines is 3. The number of rotatable bonds is 9. The number of alkyl halides is 2. The van der Waals surface area contributed by atoms with Crippen molar-refractivity contribution in [3.05, 3.63) is 59.2 Å². The standard InChI is InChI=1S/C40H44F4N8O2/c1-19(2)51-18-46-29-15-27(47-35(33(29)51)48-28-14-26(20(3)31(41)32(28)42)36(53)49-40(8-9-40)37(43)44)22-11-30-34(45-16-22)39(4,5)38(54)52(30)25-12-24(13-25)50-17-21-6-7-23(50)10-21/h11,14-16,18-19,21,23-25,37H,6-10,12-13,17H2,1-5H3,(H,47,48)(H,49,53)/t21-,23+,24?,25?/m0/s1. The van der Waals surface area contributed by atoms with E-state index in [1.165, 1.54) is 26.2 Å². The number of hydrogen-bond acceptors (Lipinski definition) is 7. The number of imidazole rings is 1. The van der Waals surface area contributed by atoms with Crippen molar-refractivity contribution in [2.45, 2.75) is 121 Å². The largest absolute Gasteiger partial charge is 0.341 e. The summed E-state index contributed by atoms with van der Waals surface area (Å²) in [4.78, 5) is 46.1. The molecule has 3 saturated carbocycles. The summed E-state index contributed by atoms with van der Waals surface area (Å²) in [5.74, 6) is -2.46. The van der Waals surface area contributed by atoms with Crippen LogP contribution < -0.4 is 15.5 Å². The molecular formula is C40H44F4N8O2. The molecule has 2 atom stereocenters. The van der Waals surface area contributed by atoms with E-state index in [9.17, 15) is 18.4 Å². The molecule has 54 heavy (non-hydrogen) atoms. The van der Waals surface area contributed by atoms with E-state index in [0.717, 1.165) is 37.1 Å². The van der Waals surface area contributed by atoms with Gasteiger partial charge in [-0.1, -0.05) is 0 Å². The van der Waals surface area contributed by atoms with Gasteiger partial charge in [0, 0.05) is 53.6 Å². The van der Waals surface area contributed by atoms with E-state index in [4.69, 9.17) is 9.97 Å². The predicted molar refractivity (Wildman–Crippen MR) is 196 cm³/mol. The molecule has 0 unspecified atom stereocenters. The van der Waals surface area contributed by atoms with Gasteiger partial charge in [-0.2, -0.15) is 0 Å². The van der Waals surface area contributed by atoms with Gasteiger partial charge in [0.2, 0.25) is 5.91 Å². The lowest BCUT2D eigenvalue weighted by Crippen LogP contribution is -2.57. The summed E-state index contributed by atoms with van der Waals surface area (Å²) in [6.45, 7) is 10.1. The number of likely N-dealkylation sites (tertiary alicyclic amines) is 1. The summed E-state index contributed by atoms with van der Waals surface area (Å²) in [5.41, 5.74) is 0.104. The first-order chi connectivity index (χ1) is 25.7. The summed E-state index contributed by atoms with van der Waals surface area (Å²) in [7, 11) is 0. The number of nitrogens with one attached hydrogen (secondary N) is 2. The van der Waals surface area contributed by atoms with Gasteiger partial charge < -0.3 is 20.1 Å². The molecule has 0 spiro atoms. The van der Waals surface area contributed by atoms with Crippen LogP contribution in [-0.2, 0) is 10.2 Å². The Morgan fingerprint density at radius 3 is 2.39 bits per heavy atom. The highest BCUT2D eigenvalue weighted by molar-refractivity contribution is 6.08. The number of benzene rings is 1. The SMILES string of the molecule is Cc1c(C(=O)NC2(C(F)F)CC2)cc(Nc2nc(-c3cnc4c(c3)N(C3CC(N5C[C@H]6CC[C@@H]5C6)C3)C(=O)C4(C)C)cc3ncn(C(C)C)c23)c(F)c1F. The second kappa shape index (κ2) is 12.2. The van der Waals surface area contributed by atoms with Crippen LogP contribution in [0.15, 0.2) is 30.7 Å². The summed E-state index contributed by atoms with van der Waals surface area (Å²) in [6, 6.07) is 5.98. The van der Waals surface area contributed by atoms with E-state index in [1.807, 2.05) is 43.2 Å². The van der Waals surface area contributed by atoms with E-state index in [1.54, 1.807) is 18.6 Å². The zero-order valence-electron chi connectivity index (χ0n) is 31.0. The zero-order chi connectivity index (χ0) is 38.0. The number of aromatic nitrogens is 4. The molecule has 3 aromatic heterocycles. The third-order valence-electron chi connectivity index (χ3n) is 12.8. The third-order valence-corrected chi connectivity index (χ3v) is 12.8. The molecule has 10 nitrogen and oxygen atoms in total. The second-order valence-electron chi connectivity index (χ2n) is 16.9. The lowest BCUT2D eigenvalue weighted by Gasteiger charge is -2.48. The number of nitrogens with zero attached hydrogens (tertiary/aromatic N) is 6. The Morgan fingerprint density at radius 1 is 0.981 bits per heavy atom. The zero-order valence-corrected chi connectivity index (χ0v) is 31.0. The fraction of sp³-hybridized carbons (Fsp3) is 0.525. The number of hydrogen-bond donors (Lipinski definition) is 2. The highest BCUT2D eigenvalue weighted by Gasteiger charge is 2.54. The van der Waals surface area contributed by atoms with Gasteiger partial charge in [-0.15, -0.1) is 0 Å². The highest BCUT2D eigenvalue weighted by Crippen LogP contribution is 2.49. The second-order valence-corrected chi connectivity index (χ2v) is 16.9. The minimum absolute atomic E-state index is 0.0212. The van der Waals surface area contributed by atoms with Gasteiger partial charge in [0.05, 0.1) is 40.0 Å². The van der Waals surface area contributed by atoms with Crippen LogP contribution in [0.2, 0.25) is 0 Å².